The van der Waals surface area contributed by atoms with Gasteiger partial charge in [0.05, 0.1) is 12.3 Å². The first-order chi connectivity index (χ1) is 11.7. The van der Waals surface area contributed by atoms with Crippen molar-refractivity contribution in [2.24, 2.45) is 0 Å². The fourth-order valence-corrected chi connectivity index (χ4v) is 4.05. The van der Waals surface area contributed by atoms with Gasteiger partial charge in [-0.15, -0.1) is 11.3 Å². The molecule has 130 valence electrons. The number of nitrogens with zero attached hydrogens (tertiary/aromatic N) is 1. The highest BCUT2D eigenvalue weighted by Crippen LogP contribution is 2.27. The van der Waals surface area contributed by atoms with Gasteiger partial charge in [-0.25, -0.2) is 4.79 Å². The van der Waals surface area contributed by atoms with Crippen LogP contribution >= 0.6 is 11.3 Å². The van der Waals surface area contributed by atoms with Crippen molar-refractivity contribution in [3.8, 4) is 0 Å². The molecule has 24 heavy (non-hydrogen) atoms. The standard InChI is InChI=1S/C18H25N3O2S/c1-14(12-15-6-4-10-23-15)20-18(22)19-13-16(17-7-5-11-24-17)21-8-2-3-9-21/h4-7,10-11,14,16H,2-3,8-9,12-13H2,1H3,(H2,19,20,22). The van der Waals surface area contributed by atoms with Gasteiger partial charge in [-0.05, 0) is 56.4 Å². The van der Waals surface area contributed by atoms with Crippen molar-refractivity contribution in [1.29, 1.82) is 0 Å². The highest BCUT2D eigenvalue weighted by Gasteiger charge is 2.24. The number of carbonyl (C=O) groups is 1. The first kappa shape index (κ1) is 17.0. The van der Waals surface area contributed by atoms with Gasteiger partial charge in [0.25, 0.3) is 0 Å². The fourth-order valence-electron chi connectivity index (χ4n) is 3.19. The molecule has 2 N–H and O–H groups in total. The molecule has 0 aromatic carbocycles. The molecule has 1 aliphatic heterocycles. The van der Waals surface area contributed by atoms with Crippen molar-refractivity contribution in [2.45, 2.75) is 38.3 Å². The smallest absolute Gasteiger partial charge is 0.315 e. The largest absolute Gasteiger partial charge is 0.469 e. The molecular formula is C18H25N3O2S. The van der Waals surface area contributed by atoms with Gasteiger partial charge in [0, 0.05) is 23.9 Å². The minimum Gasteiger partial charge on any atom is -0.469 e. The van der Waals surface area contributed by atoms with E-state index in [9.17, 15) is 4.79 Å². The molecule has 0 bridgehead atoms. The van der Waals surface area contributed by atoms with Crippen LogP contribution in [0.2, 0.25) is 0 Å². The number of urea groups is 1. The number of furan rings is 1. The number of thiophene rings is 1. The van der Waals surface area contributed by atoms with E-state index in [2.05, 4.69) is 33.0 Å². The van der Waals surface area contributed by atoms with E-state index < -0.39 is 0 Å². The predicted octanol–water partition coefficient (Wildman–Crippen LogP) is 3.41. The molecule has 6 heteroatoms. The molecule has 0 aliphatic carbocycles. The molecule has 1 aliphatic rings. The molecule has 1 fully saturated rings. The summed E-state index contributed by atoms with van der Waals surface area (Å²) < 4.78 is 5.32. The Balaban J connectivity index is 1.49. The second-order valence-electron chi connectivity index (χ2n) is 6.31. The summed E-state index contributed by atoms with van der Waals surface area (Å²) in [6.45, 7) is 4.85. The van der Waals surface area contributed by atoms with E-state index in [1.165, 1.54) is 17.7 Å². The number of carbonyl (C=O) groups excluding carboxylic acids is 1. The molecule has 0 saturated carbocycles. The number of nitrogens with one attached hydrogen (secondary N) is 2. The Hall–Kier alpha value is -1.79. The highest BCUT2D eigenvalue weighted by molar-refractivity contribution is 7.10. The topological polar surface area (TPSA) is 57.5 Å². The van der Waals surface area contributed by atoms with E-state index in [1.807, 2.05) is 19.1 Å². The Bertz CT molecular complexity index is 606. The summed E-state index contributed by atoms with van der Waals surface area (Å²) in [6.07, 6.45) is 4.84. The first-order valence-electron chi connectivity index (χ1n) is 8.56. The monoisotopic (exact) mass is 347 g/mol. The maximum absolute atomic E-state index is 12.2. The van der Waals surface area contributed by atoms with Crippen LogP contribution in [-0.4, -0.2) is 36.6 Å². The van der Waals surface area contributed by atoms with Crippen LogP contribution in [-0.2, 0) is 6.42 Å². The van der Waals surface area contributed by atoms with Crippen LogP contribution in [0.15, 0.2) is 40.3 Å². The molecule has 0 spiro atoms. The molecule has 5 nitrogen and oxygen atoms in total. The average molecular weight is 347 g/mol. The van der Waals surface area contributed by atoms with Crippen molar-refractivity contribution in [2.75, 3.05) is 19.6 Å². The van der Waals surface area contributed by atoms with Gasteiger partial charge in [-0.2, -0.15) is 0 Å². The number of likely N-dealkylation sites (tertiary alicyclic amines) is 1. The lowest BCUT2D eigenvalue weighted by molar-refractivity contribution is 0.220. The summed E-state index contributed by atoms with van der Waals surface area (Å²) in [7, 11) is 0. The van der Waals surface area contributed by atoms with Crippen molar-refractivity contribution >= 4 is 17.4 Å². The van der Waals surface area contributed by atoms with E-state index in [0.717, 1.165) is 18.8 Å². The Morgan fingerprint density at radius 3 is 2.83 bits per heavy atom. The minimum absolute atomic E-state index is 0.0307. The molecule has 3 rings (SSSR count). The molecule has 2 aromatic heterocycles. The Kier molecular flexibility index (Phi) is 5.93. The molecule has 2 unspecified atom stereocenters. The maximum Gasteiger partial charge on any atom is 0.315 e. The first-order valence-corrected chi connectivity index (χ1v) is 9.44. The van der Waals surface area contributed by atoms with Crippen LogP contribution in [0.1, 0.15) is 36.4 Å². The summed E-state index contributed by atoms with van der Waals surface area (Å²) in [4.78, 5) is 16.0. The van der Waals surface area contributed by atoms with E-state index >= 15 is 0 Å². The average Bonchev–Trinajstić information content (AvgIpc) is 3.31. The van der Waals surface area contributed by atoms with Gasteiger partial charge in [-0.1, -0.05) is 6.07 Å². The van der Waals surface area contributed by atoms with Crippen molar-refractivity contribution < 1.29 is 9.21 Å². The van der Waals surface area contributed by atoms with E-state index in [1.54, 1.807) is 17.6 Å². The summed E-state index contributed by atoms with van der Waals surface area (Å²) in [5, 5.41) is 8.13. The van der Waals surface area contributed by atoms with Crippen molar-refractivity contribution in [3.05, 3.63) is 46.5 Å². The summed E-state index contributed by atoms with van der Waals surface area (Å²) in [6, 6.07) is 8.22. The van der Waals surface area contributed by atoms with Gasteiger partial charge in [-0.3, -0.25) is 4.90 Å². The van der Waals surface area contributed by atoms with Crippen LogP contribution in [0.3, 0.4) is 0 Å². The zero-order chi connectivity index (χ0) is 16.8. The van der Waals surface area contributed by atoms with Crippen molar-refractivity contribution in [1.82, 2.24) is 15.5 Å². The molecule has 2 aromatic rings. The SMILES string of the molecule is CC(Cc1ccco1)NC(=O)NCC(c1cccs1)N1CCCC1. The van der Waals surface area contributed by atoms with Crippen LogP contribution in [0.4, 0.5) is 4.79 Å². The summed E-state index contributed by atoms with van der Waals surface area (Å²) >= 11 is 1.76. The van der Waals surface area contributed by atoms with Crippen molar-refractivity contribution in [3.63, 3.8) is 0 Å². The maximum atomic E-state index is 12.2. The number of hydrogen-bond acceptors (Lipinski definition) is 4. The third kappa shape index (κ3) is 4.61. The molecule has 1 saturated heterocycles. The lowest BCUT2D eigenvalue weighted by Crippen LogP contribution is -2.44. The quantitative estimate of drug-likeness (QED) is 0.807. The van der Waals surface area contributed by atoms with E-state index in [4.69, 9.17) is 4.42 Å². The van der Waals surface area contributed by atoms with Gasteiger partial charge >= 0.3 is 6.03 Å². The second-order valence-corrected chi connectivity index (χ2v) is 7.29. The zero-order valence-corrected chi connectivity index (χ0v) is 14.8. The number of rotatable bonds is 7. The minimum atomic E-state index is -0.116. The van der Waals surface area contributed by atoms with Gasteiger partial charge < -0.3 is 15.1 Å². The third-order valence-corrected chi connectivity index (χ3v) is 5.35. The lowest BCUT2D eigenvalue weighted by Gasteiger charge is -2.27. The molecule has 2 atom stereocenters. The summed E-state index contributed by atoms with van der Waals surface area (Å²) in [5.74, 6) is 0.885. The van der Waals surface area contributed by atoms with Crippen LogP contribution in [0, 0.1) is 0 Å². The van der Waals surface area contributed by atoms with Gasteiger partial charge in [0.15, 0.2) is 0 Å². The third-order valence-electron chi connectivity index (χ3n) is 4.37. The number of amides is 2. The van der Waals surface area contributed by atoms with E-state index in [0.29, 0.717) is 13.0 Å². The normalized spacial score (nSPS) is 17.5. The van der Waals surface area contributed by atoms with Gasteiger partial charge in [0.1, 0.15) is 5.76 Å². The number of hydrogen-bond donors (Lipinski definition) is 2. The fraction of sp³-hybridized carbons (Fsp3) is 0.500. The Morgan fingerprint density at radius 2 is 2.17 bits per heavy atom. The Labute approximate surface area is 147 Å². The Morgan fingerprint density at radius 1 is 1.33 bits per heavy atom. The summed E-state index contributed by atoms with van der Waals surface area (Å²) in [5.41, 5.74) is 0. The molecule has 2 amide bonds. The van der Waals surface area contributed by atoms with Crippen LogP contribution in [0.25, 0.3) is 0 Å². The second kappa shape index (κ2) is 8.35. The molecular weight excluding hydrogens is 322 g/mol. The van der Waals surface area contributed by atoms with Crippen LogP contribution in [0.5, 0.6) is 0 Å². The van der Waals surface area contributed by atoms with Crippen LogP contribution < -0.4 is 10.6 Å². The predicted molar refractivity (Wildman–Crippen MR) is 96.3 cm³/mol. The van der Waals surface area contributed by atoms with E-state index in [-0.39, 0.29) is 18.1 Å². The lowest BCUT2D eigenvalue weighted by atomic mass is 10.2. The highest BCUT2D eigenvalue weighted by atomic mass is 32.1. The zero-order valence-electron chi connectivity index (χ0n) is 14.0. The molecule has 0 radical (unpaired) electrons. The van der Waals surface area contributed by atoms with Gasteiger partial charge in [0.2, 0.25) is 0 Å². The molecule has 3 heterocycles.